The molecule has 0 aliphatic heterocycles. The summed E-state index contributed by atoms with van der Waals surface area (Å²) in [5, 5.41) is 12.8. The quantitative estimate of drug-likeness (QED) is 0.341. The standard InChI is InChI=1S/C21H16Cl2N4O4S/c1-10-15(22)16(23)18(24-10)19(28)26-21-25-17-13(6-12(20(29)30)7-14(17)32-21)31-9-11-4-3-5-27(2)8-11/h3-8H,9H2,1-2H3,(H2-,24,25,26,28,29,30)/p+1. The monoisotopic (exact) mass is 491 g/mol. The van der Waals surface area contributed by atoms with E-state index in [0.717, 1.165) is 16.9 Å². The third-order valence-corrected chi connectivity index (χ3v) is 6.47. The number of fused-ring (bicyclic) bond motifs is 1. The number of thiazole rings is 1. The van der Waals surface area contributed by atoms with E-state index in [1.54, 1.807) is 6.92 Å². The fourth-order valence-electron chi connectivity index (χ4n) is 3.07. The maximum Gasteiger partial charge on any atom is 0.335 e. The van der Waals surface area contributed by atoms with E-state index in [-0.39, 0.29) is 33.0 Å². The maximum absolute atomic E-state index is 12.6. The van der Waals surface area contributed by atoms with Gasteiger partial charge in [-0.15, -0.1) is 0 Å². The van der Waals surface area contributed by atoms with Gasteiger partial charge in [-0.1, -0.05) is 34.5 Å². The van der Waals surface area contributed by atoms with Gasteiger partial charge in [0.05, 0.1) is 25.9 Å². The Labute approximate surface area is 196 Å². The molecule has 1 aromatic carbocycles. The van der Waals surface area contributed by atoms with Gasteiger partial charge in [0.1, 0.15) is 30.6 Å². The van der Waals surface area contributed by atoms with Crippen LogP contribution in [0.15, 0.2) is 36.7 Å². The van der Waals surface area contributed by atoms with Crippen LogP contribution in [-0.2, 0) is 13.7 Å². The molecule has 0 radical (unpaired) electrons. The number of aromatic nitrogens is 3. The molecule has 32 heavy (non-hydrogen) atoms. The smallest absolute Gasteiger partial charge is 0.335 e. The first kappa shape index (κ1) is 22.1. The van der Waals surface area contributed by atoms with Crippen LogP contribution < -0.4 is 14.6 Å². The molecule has 3 N–H and O–H groups in total. The van der Waals surface area contributed by atoms with Crippen molar-refractivity contribution in [3.8, 4) is 5.75 Å². The van der Waals surface area contributed by atoms with Crippen LogP contribution in [0, 0.1) is 6.92 Å². The zero-order chi connectivity index (χ0) is 23.0. The van der Waals surface area contributed by atoms with Crippen molar-refractivity contribution >= 4 is 61.8 Å². The van der Waals surface area contributed by atoms with Crippen molar-refractivity contribution in [2.75, 3.05) is 5.32 Å². The fourth-order valence-corrected chi connectivity index (χ4v) is 4.40. The highest BCUT2D eigenvalue weighted by atomic mass is 35.5. The number of hydrogen-bond donors (Lipinski definition) is 3. The molecule has 0 saturated heterocycles. The summed E-state index contributed by atoms with van der Waals surface area (Å²) in [4.78, 5) is 31.5. The molecule has 4 rings (SSSR count). The van der Waals surface area contributed by atoms with Gasteiger partial charge < -0.3 is 14.8 Å². The van der Waals surface area contributed by atoms with Gasteiger partial charge in [-0.2, -0.15) is 0 Å². The Morgan fingerprint density at radius 2 is 2.09 bits per heavy atom. The summed E-state index contributed by atoms with van der Waals surface area (Å²) in [5.41, 5.74) is 2.10. The van der Waals surface area contributed by atoms with Crippen molar-refractivity contribution in [3.63, 3.8) is 0 Å². The van der Waals surface area contributed by atoms with Crippen molar-refractivity contribution in [1.82, 2.24) is 9.97 Å². The third kappa shape index (κ3) is 4.40. The third-order valence-electron chi connectivity index (χ3n) is 4.60. The van der Waals surface area contributed by atoms with E-state index in [2.05, 4.69) is 15.3 Å². The Balaban J connectivity index is 1.65. The summed E-state index contributed by atoms with van der Waals surface area (Å²) in [6.07, 6.45) is 3.80. The number of carboxylic acid groups (broad SMARTS) is 1. The summed E-state index contributed by atoms with van der Waals surface area (Å²) in [6, 6.07) is 6.70. The Bertz CT molecular complexity index is 1370. The van der Waals surface area contributed by atoms with E-state index in [1.807, 2.05) is 36.1 Å². The topological polar surface area (TPSA) is 108 Å². The molecule has 0 spiro atoms. The largest absolute Gasteiger partial charge is 0.486 e. The highest BCUT2D eigenvalue weighted by Crippen LogP contribution is 2.35. The molecule has 164 valence electrons. The number of halogens is 2. The molecule has 11 heteroatoms. The minimum absolute atomic E-state index is 0.0578. The summed E-state index contributed by atoms with van der Waals surface area (Å²) >= 11 is 13.3. The van der Waals surface area contributed by atoms with Gasteiger partial charge in [-0.3, -0.25) is 10.1 Å². The number of carbonyl (C=O) groups excluding carboxylic acids is 1. The predicted molar refractivity (Wildman–Crippen MR) is 122 cm³/mol. The number of H-pyrrole nitrogens is 1. The van der Waals surface area contributed by atoms with Crippen LogP contribution in [-0.4, -0.2) is 27.0 Å². The first-order valence-corrected chi connectivity index (χ1v) is 10.9. The zero-order valence-corrected chi connectivity index (χ0v) is 19.2. The summed E-state index contributed by atoms with van der Waals surface area (Å²) in [7, 11) is 1.90. The number of rotatable bonds is 6. The van der Waals surface area contributed by atoms with Gasteiger partial charge in [-0.25, -0.2) is 14.3 Å². The highest BCUT2D eigenvalue weighted by molar-refractivity contribution is 7.22. The van der Waals surface area contributed by atoms with Crippen molar-refractivity contribution in [2.24, 2.45) is 7.05 Å². The average molecular weight is 492 g/mol. The Kier molecular flexibility index (Phi) is 6.05. The highest BCUT2D eigenvalue weighted by Gasteiger charge is 2.21. The van der Waals surface area contributed by atoms with Crippen molar-refractivity contribution in [1.29, 1.82) is 0 Å². The SMILES string of the molecule is Cc1[nH]c(C(=O)Nc2nc3c(OCc4ccc[n+](C)c4)cc(C(=O)O)cc3s2)c(Cl)c1Cl. The van der Waals surface area contributed by atoms with E-state index in [4.69, 9.17) is 27.9 Å². The molecule has 1 amide bonds. The lowest BCUT2D eigenvalue weighted by atomic mass is 10.2. The van der Waals surface area contributed by atoms with Gasteiger partial charge in [0.2, 0.25) is 0 Å². The molecule has 0 saturated carbocycles. The number of nitrogens with zero attached hydrogens (tertiary/aromatic N) is 2. The molecule has 3 aromatic heterocycles. The zero-order valence-electron chi connectivity index (χ0n) is 16.9. The number of aromatic carboxylic acids is 1. The van der Waals surface area contributed by atoms with Gasteiger partial charge >= 0.3 is 5.97 Å². The molecule has 3 heterocycles. The Morgan fingerprint density at radius 1 is 1.31 bits per heavy atom. The van der Waals surface area contributed by atoms with E-state index in [1.165, 1.54) is 12.1 Å². The molecule has 0 atom stereocenters. The molecular weight excluding hydrogens is 475 g/mol. The van der Waals surface area contributed by atoms with Gasteiger partial charge in [-0.05, 0) is 25.1 Å². The predicted octanol–water partition coefficient (Wildman–Crippen LogP) is 4.59. The number of carbonyl (C=O) groups is 2. The van der Waals surface area contributed by atoms with Crippen LogP contribution in [0.5, 0.6) is 5.75 Å². The molecule has 0 bridgehead atoms. The molecule has 0 aliphatic carbocycles. The second-order valence-corrected chi connectivity index (χ2v) is 8.81. The van der Waals surface area contributed by atoms with Gasteiger partial charge in [0.25, 0.3) is 5.91 Å². The van der Waals surface area contributed by atoms with Crippen LogP contribution in [0.25, 0.3) is 10.2 Å². The van der Waals surface area contributed by atoms with Crippen LogP contribution in [0.4, 0.5) is 5.13 Å². The minimum Gasteiger partial charge on any atom is -0.486 e. The lowest BCUT2D eigenvalue weighted by molar-refractivity contribution is -0.672. The molecule has 0 unspecified atom stereocenters. The minimum atomic E-state index is -1.09. The van der Waals surface area contributed by atoms with Crippen LogP contribution >= 0.6 is 34.5 Å². The maximum atomic E-state index is 12.6. The van der Waals surface area contributed by atoms with Crippen LogP contribution in [0.3, 0.4) is 0 Å². The average Bonchev–Trinajstić information content (AvgIpc) is 3.27. The number of nitrogens with one attached hydrogen (secondary N) is 2. The summed E-state index contributed by atoms with van der Waals surface area (Å²) < 4.78 is 8.35. The summed E-state index contributed by atoms with van der Waals surface area (Å²) in [6.45, 7) is 1.92. The Morgan fingerprint density at radius 3 is 2.75 bits per heavy atom. The van der Waals surface area contributed by atoms with E-state index in [9.17, 15) is 14.7 Å². The van der Waals surface area contributed by atoms with Crippen molar-refractivity contribution in [2.45, 2.75) is 13.5 Å². The number of aromatic amines is 1. The van der Waals surface area contributed by atoms with Crippen LogP contribution in [0.1, 0.15) is 32.1 Å². The molecular formula is C21H17Cl2N4O4S+. The van der Waals surface area contributed by atoms with Crippen LogP contribution in [0.2, 0.25) is 10.0 Å². The van der Waals surface area contributed by atoms with Crippen molar-refractivity contribution < 1.29 is 24.0 Å². The molecule has 0 aliphatic rings. The van der Waals surface area contributed by atoms with Gasteiger partial charge in [0, 0.05) is 11.8 Å². The van der Waals surface area contributed by atoms with Gasteiger partial charge in [0.15, 0.2) is 17.5 Å². The lowest BCUT2D eigenvalue weighted by Crippen LogP contribution is -2.27. The fraction of sp³-hybridized carbons (Fsp3) is 0.143. The number of carboxylic acids is 1. The molecule has 4 aromatic rings. The van der Waals surface area contributed by atoms with E-state index < -0.39 is 11.9 Å². The summed E-state index contributed by atoms with van der Waals surface area (Å²) in [5.74, 6) is -1.30. The number of pyridine rings is 1. The number of aryl methyl sites for hydroxylation is 2. The number of hydrogen-bond acceptors (Lipinski definition) is 5. The second-order valence-electron chi connectivity index (χ2n) is 7.02. The molecule has 0 fully saturated rings. The number of amides is 1. The van der Waals surface area contributed by atoms with E-state index in [0.29, 0.717) is 21.7 Å². The lowest BCUT2D eigenvalue weighted by Gasteiger charge is -2.07. The normalized spacial score (nSPS) is 11.0. The number of benzene rings is 1. The second kappa shape index (κ2) is 8.78. The first-order chi connectivity index (χ1) is 15.2. The number of anilines is 1. The number of ether oxygens (including phenoxy) is 1. The molecule has 8 nitrogen and oxygen atoms in total. The van der Waals surface area contributed by atoms with E-state index >= 15 is 0 Å². The Hall–Kier alpha value is -3.14. The van der Waals surface area contributed by atoms with Crippen molar-refractivity contribution in [3.05, 3.63) is 69.2 Å². The first-order valence-electron chi connectivity index (χ1n) is 9.32.